The zero-order valence-corrected chi connectivity index (χ0v) is 17.4. The second-order valence-electron chi connectivity index (χ2n) is 8.52. The third kappa shape index (κ3) is 5.35. The maximum absolute atomic E-state index is 12.3. The predicted octanol–water partition coefficient (Wildman–Crippen LogP) is 5.22. The molecule has 1 aromatic rings. The van der Waals surface area contributed by atoms with Crippen LogP contribution < -0.4 is 15.5 Å². The number of aryl methyl sites for hydroxylation is 1. The summed E-state index contributed by atoms with van der Waals surface area (Å²) >= 11 is 0. The van der Waals surface area contributed by atoms with E-state index >= 15 is 0 Å². The molecule has 1 aromatic carbocycles. The average molecular weight is 370 g/mol. The number of benzene rings is 1. The van der Waals surface area contributed by atoms with Crippen molar-refractivity contribution in [1.82, 2.24) is 10.6 Å². The molecule has 1 aliphatic heterocycles. The van der Waals surface area contributed by atoms with Gasteiger partial charge in [-0.25, -0.2) is 4.79 Å². The lowest BCUT2D eigenvalue weighted by molar-refractivity contribution is 0.249. The number of carbonyl (C=O) groups excluding carboxylic acids is 1. The van der Waals surface area contributed by atoms with Gasteiger partial charge in [-0.3, -0.25) is 4.90 Å². The first-order valence-electron chi connectivity index (χ1n) is 10.6. The van der Waals surface area contributed by atoms with Crippen molar-refractivity contribution < 1.29 is 4.79 Å². The van der Waals surface area contributed by atoms with Crippen molar-refractivity contribution in [3.05, 3.63) is 35.4 Å². The molecule has 0 saturated heterocycles. The van der Waals surface area contributed by atoms with Crippen LogP contribution in [0.1, 0.15) is 70.4 Å². The topological polar surface area (TPSA) is 44.4 Å². The lowest BCUT2D eigenvalue weighted by Gasteiger charge is -2.32. The van der Waals surface area contributed by atoms with Crippen molar-refractivity contribution in [3.63, 3.8) is 0 Å². The lowest BCUT2D eigenvalue weighted by atomic mass is 10.0. The number of anilines is 1. The molecule has 1 heterocycles. The van der Waals surface area contributed by atoms with Gasteiger partial charge in [-0.2, -0.15) is 0 Å². The van der Waals surface area contributed by atoms with Gasteiger partial charge in [0, 0.05) is 23.3 Å². The standard InChI is InChI=1S/C16H20N2O.C7H15N/c1-3-4-14-13-9-11(2)5-8-15(13)18(16(19)17-14)10-12-6-7-12;1-3-6-8-7(2)4-5-7/h4-5,8-9,12H,3,6-7,10H2,1-2H3,(H,17,19);8H,3-6H2,1-2H3/b14-4+;. The van der Waals surface area contributed by atoms with Crippen LogP contribution >= 0.6 is 0 Å². The highest BCUT2D eigenvalue weighted by atomic mass is 16.2. The fourth-order valence-electron chi connectivity index (χ4n) is 3.36. The molecule has 0 spiro atoms. The van der Waals surface area contributed by atoms with Crippen molar-refractivity contribution in [1.29, 1.82) is 0 Å². The van der Waals surface area contributed by atoms with Gasteiger partial charge in [-0.1, -0.05) is 31.6 Å². The molecule has 2 aliphatic carbocycles. The molecule has 0 aromatic heterocycles. The van der Waals surface area contributed by atoms with Crippen molar-refractivity contribution >= 4 is 17.4 Å². The Balaban J connectivity index is 0.000000221. The van der Waals surface area contributed by atoms with E-state index < -0.39 is 0 Å². The zero-order chi connectivity index (χ0) is 19.4. The molecule has 0 atom stereocenters. The van der Waals surface area contributed by atoms with Crippen LogP contribution in [0.5, 0.6) is 0 Å². The number of nitrogens with zero attached hydrogens (tertiary/aromatic N) is 1. The molecule has 148 valence electrons. The molecule has 0 radical (unpaired) electrons. The monoisotopic (exact) mass is 369 g/mol. The van der Waals surface area contributed by atoms with E-state index in [0.717, 1.165) is 29.9 Å². The minimum atomic E-state index is 0.0166. The van der Waals surface area contributed by atoms with Gasteiger partial charge in [0.1, 0.15) is 0 Å². The molecule has 2 saturated carbocycles. The van der Waals surface area contributed by atoms with Crippen LogP contribution in [-0.4, -0.2) is 24.7 Å². The van der Waals surface area contributed by atoms with Gasteiger partial charge in [0.05, 0.1) is 5.69 Å². The third-order valence-electron chi connectivity index (χ3n) is 5.57. The molecule has 0 unspecified atom stereocenters. The van der Waals surface area contributed by atoms with E-state index in [1.54, 1.807) is 0 Å². The molecular weight excluding hydrogens is 334 g/mol. The largest absolute Gasteiger partial charge is 0.326 e. The molecule has 27 heavy (non-hydrogen) atoms. The minimum Gasteiger partial charge on any atom is -0.312 e. The molecule has 0 bridgehead atoms. The fourth-order valence-corrected chi connectivity index (χ4v) is 3.36. The fraction of sp³-hybridized carbons (Fsp3) is 0.609. The molecule has 2 N–H and O–H groups in total. The Hall–Kier alpha value is -1.81. The number of allylic oxidation sites excluding steroid dienone is 1. The summed E-state index contributed by atoms with van der Waals surface area (Å²) in [5.74, 6) is 0.691. The predicted molar refractivity (Wildman–Crippen MR) is 114 cm³/mol. The van der Waals surface area contributed by atoms with Gasteiger partial charge < -0.3 is 10.6 Å². The highest BCUT2D eigenvalue weighted by molar-refractivity contribution is 6.04. The third-order valence-corrected chi connectivity index (χ3v) is 5.57. The van der Waals surface area contributed by atoms with E-state index in [1.807, 2.05) is 4.90 Å². The van der Waals surface area contributed by atoms with Crippen LogP contribution in [0, 0.1) is 12.8 Å². The number of fused-ring (bicyclic) bond motifs is 1. The molecule has 3 aliphatic rings. The van der Waals surface area contributed by atoms with Gasteiger partial charge in [0.25, 0.3) is 0 Å². The lowest BCUT2D eigenvalue weighted by Crippen LogP contribution is -2.44. The number of urea groups is 1. The summed E-state index contributed by atoms with van der Waals surface area (Å²) < 4.78 is 0. The van der Waals surface area contributed by atoms with E-state index in [0.29, 0.717) is 11.5 Å². The van der Waals surface area contributed by atoms with E-state index in [9.17, 15) is 4.79 Å². The number of carbonyl (C=O) groups is 1. The number of nitrogens with one attached hydrogen (secondary N) is 2. The van der Waals surface area contributed by atoms with Gasteiger partial charge in [-0.05, 0) is 77.0 Å². The van der Waals surface area contributed by atoms with E-state index in [1.165, 1.54) is 44.2 Å². The summed E-state index contributed by atoms with van der Waals surface area (Å²) in [5.41, 5.74) is 4.94. The molecule has 2 amide bonds. The van der Waals surface area contributed by atoms with Gasteiger partial charge >= 0.3 is 6.03 Å². The Morgan fingerprint density at radius 2 is 2.04 bits per heavy atom. The summed E-state index contributed by atoms with van der Waals surface area (Å²) in [6.07, 6.45) is 9.54. The zero-order valence-electron chi connectivity index (χ0n) is 17.4. The van der Waals surface area contributed by atoms with Crippen molar-refractivity contribution in [2.24, 2.45) is 5.92 Å². The Bertz CT molecular complexity index is 702. The van der Waals surface area contributed by atoms with Crippen LogP contribution in [0.3, 0.4) is 0 Å². The van der Waals surface area contributed by atoms with Crippen LogP contribution in [0.2, 0.25) is 0 Å². The van der Waals surface area contributed by atoms with Crippen LogP contribution in [0.15, 0.2) is 24.3 Å². The average Bonchev–Trinajstić information content (AvgIpc) is 3.56. The smallest absolute Gasteiger partial charge is 0.312 e. The van der Waals surface area contributed by atoms with Crippen molar-refractivity contribution in [2.45, 2.75) is 71.8 Å². The summed E-state index contributed by atoms with van der Waals surface area (Å²) in [7, 11) is 0. The highest BCUT2D eigenvalue weighted by Crippen LogP contribution is 2.36. The van der Waals surface area contributed by atoms with Gasteiger partial charge in [0.15, 0.2) is 0 Å². The summed E-state index contributed by atoms with van der Waals surface area (Å²) in [4.78, 5) is 14.2. The first kappa shape index (κ1) is 19.9. The second-order valence-corrected chi connectivity index (χ2v) is 8.52. The minimum absolute atomic E-state index is 0.0166. The quantitative estimate of drug-likeness (QED) is 0.722. The number of amides is 2. The molecule has 4 heteroatoms. The first-order valence-corrected chi connectivity index (χ1v) is 10.6. The summed E-state index contributed by atoms with van der Waals surface area (Å²) in [5, 5.41) is 6.51. The number of hydrogen-bond acceptors (Lipinski definition) is 2. The Morgan fingerprint density at radius 1 is 1.30 bits per heavy atom. The van der Waals surface area contributed by atoms with Crippen molar-refractivity contribution in [2.75, 3.05) is 18.0 Å². The molecule has 4 rings (SSSR count). The highest BCUT2D eigenvalue weighted by Gasteiger charge is 2.35. The first-order chi connectivity index (χ1) is 13.0. The second kappa shape index (κ2) is 8.47. The Kier molecular flexibility index (Phi) is 6.25. The maximum atomic E-state index is 12.3. The van der Waals surface area contributed by atoms with Crippen LogP contribution in [0.4, 0.5) is 10.5 Å². The van der Waals surface area contributed by atoms with Crippen molar-refractivity contribution in [3.8, 4) is 0 Å². The summed E-state index contributed by atoms with van der Waals surface area (Å²) in [6, 6.07) is 6.34. The van der Waals surface area contributed by atoms with Gasteiger partial charge in [0.2, 0.25) is 0 Å². The van der Waals surface area contributed by atoms with Crippen LogP contribution in [0.25, 0.3) is 5.70 Å². The normalized spacial score (nSPS) is 21.3. The maximum Gasteiger partial charge on any atom is 0.326 e. The van der Waals surface area contributed by atoms with E-state index in [4.69, 9.17) is 0 Å². The SMILES string of the molecule is CC/C=C1/NC(=O)N(CC2CC2)c2ccc(C)cc21.CCCNC1(C)CC1. The van der Waals surface area contributed by atoms with E-state index in [-0.39, 0.29) is 6.03 Å². The Labute approximate surface area is 164 Å². The Morgan fingerprint density at radius 3 is 2.63 bits per heavy atom. The molecular formula is C23H35N3O. The number of hydrogen-bond donors (Lipinski definition) is 2. The van der Waals surface area contributed by atoms with Crippen LogP contribution in [-0.2, 0) is 0 Å². The summed E-state index contributed by atoms with van der Waals surface area (Å²) in [6.45, 7) is 10.7. The molecule has 2 fully saturated rings. The van der Waals surface area contributed by atoms with Gasteiger partial charge in [-0.15, -0.1) is 0 Å². The van der Waals surface area contributed by atoms with E-state index in [2.05, 4.69) is 62.6 Å². The molecule has 4 nitrogen and oxygen atoms in total. The number of rotatable bonds is 6.